The molecule has 0 saturated carbocycles. The van der Waals surface area contributed by atoms with Gasteiger partial charge in [0.25, 0.3) is 11.8 Å². The second-order valence-electron chi connectivity index (χ2n) is 8.08. The van der Waals surface area contributed by atoms with Crippen LogP contribution in [-0.4, -0.2) is 32.1 Å². The molecule has 1 aliphatic rings. The van der Waals surface area contributed by atoms with Crippen molar-refractivity contribution in [2.45, 2.75) is 13.5 Å². The number of methoxy groups -OCH3 is 2. The summed E-state index contributed by atoms with van der Waals surface area (Å²) in [5.74, 6) is -0.669. The first-order valence-electron chi connectivity index (χ1n) is 11.0. The number of ether oxygens (including phenoxy) is 3. The highest BCUT2D eigenvalue weighted by Crippen LogP contribution is 2.39. The molecule has 1 aliphatic heterocycles. The summed E-state index contributed by atoms with van der Waals surface area (Å²) in [5.41, 5.74) is 2.56. The molecule has 0 atom stereocenters. The van der Waals surface area contributed by atoms with Crippen LogP contribution >= 0.6 is 27.5 Å². The molecule has 0 aromatic heterocycles. The molecule has 8 nitrogen and oxygen atoms in total. The highest BCUT2D eigenvalue weighted by molar-refractivity contribution is 9.10. The van der Waals surface area contributed by atoms with Crippen LogP contribution in [0.2, 0.25) is 5.02 Å². The van der Waals surface area contributed by atoms with Gasteiger partial charge in [-0.3, -0.25) is 14.9 Å². The van der Waals surface area contributed by atoms with Gasteiger partial charge in [0.1, 0.15) is 29.4 Å². The Kier molecular flexibility index (Phi) is 7.85. The number of carbonyl (C=O) groups excluding carboxylic acids is 3. The normalized spacial score (nSPS) is 14.6. The van der Waals surface area contributed by atoms with Gasteiger partial charge in [0, 0.05) is 12.1 Å². The Morgan fingerprint density at radius 1 is 0.946 bits per heavy atom. The van der Waals surface area contributed by atoms with Crippen LogP contribution in [0.3, 0.4) is 0 Å². The molecule has 4 amide bonds. The molecule has 4 rings (SSSR count). The molecule has 1 N–H and O–H groups in total. The summed E-state index contributed by atoms with van der Waals surface area (Å²) in [6, 6.07) is 15.0. The van der Waals surface area contributed by atoms with Crippen LogP contribution in [0.4, 0.5) is 10.5 Å². The second-order valence-corrected chi connectivity index (χ2v) is 9.34. The molecule has 1 fully saturated rings. The van der Waals surface area contributed by atoms with Crippen molar-refractivity contribution in [3.63, 3.8) is 0 Å². The number of barbiturate groups is 1. The van der Waals surface area contributed by atoms with E-state index in [9.17, 15) is 14.4 Å². The van der Waals surface area contributed by atoms with Gasteiger partial charge in [-0.25, -0.2) is 9.69 Å². The maximum absolute atomic E-state index is 13.3. The zero-order valence-corrected chi connectivity index (χ0v) is 22.5. The largest absolute Gasteiger partial charge is 0.495 e. The van der Waals surface area contributed by atoms with Crippen LogP contribution in [-0.2, 0) is 16.2 Å². The lowest BCUT2D eigenvalue weighted by Gasteiger charge is -2.28. The predicted molar refractivity (Wildman–Crippen MR) is 143 cm³/mol. The Morgan fingerprint density at radius 3 is 2.30 bits per heavy atom. The Balaban J connectivity index is 1.61. The molecule has 190 valence electrons. The molecule has 0 spiro atoms. The molecule has 3 aromatic carbocycles. The first-order valence-corrected chi connectivity index (χ1v) is 12.2. The molecule has 3 aromatic rings. The third kappa shape index (κ3) is 5.63. The van der Waals surface area contributed by atoms with Gasteiger partial charge in [-0.2, -0.15) is 0 Å². The van der Waals surface area contributed by atoms with Crippen LogP contribution in [0.15, 0.2) is 64.6 Å². The number of rotatable bonds is 7. The summed E-state index contributed by atoms with van der Waals surface area (Å²) >= 11 is 9.63. The van der Waals surface area contributed by atoms with E-state index >= 15 is 0 Å². The number of amides is 4. The quantitative estimate of drug-likeness (QED) is 0.284. The van der Waals surface area contributed by atoms with Gasteiger partial charge in [-0.1, -0.05) is 47.5 Å². The Hall–Kier alpha value is -3.82. The fraction of sp³-hybridized carbons (Fsp3) is 0.148. The molecule has 0 radical (unpaired) electrons. The van der Waals surface area contributed by atoms with Crippen molar-refractivity contribution in [3.8, 4) is 17.2 Å². The smallest absolute Gasteiger partial charge is 0.336 e. The SMILES string of the molecule is COc1cc(N2C(=O)NC(=O)/C(=C\c3ccc(OCc4ccc(C)cc4)c(Br)c3)C2=O)c(OC)cc1Cl. The fourth-order valence-corrected chi connectivity index (χ4v) is 4.37. The number of hydrogen-bond donors (Lipinski definition) is 1. The Morgan fingerprint density at radius 2 is 1.65 bits per heavy atom. The lowest BCUT2D eigenvalue weighted by molar-refractivity contribution is -0.122. The zero-order valence-electron chi connectivity index (χ0n) is 20.1. The van der Waals surface area contributed by atoms with E-state index in [1.165, 1.54) is 32.4 Å². The van der Waals surface area contributed by atoms with E-state index in [1.54, 1.807) is 18.2 Å². The molecule has 0 bridgehead atoms. The van der Waals surface area contributed by atoms with Crippen molar-refractivity contribution in [2.75, 3.05) is 19.1 Å². The number of hydrogen-bond acceptors (Lipinski definition) is 6. The highest BCUT2D eigenvalue weighted by Gasteiger charge is 2.38. The molecule has 10 heteroatoms. The first kappa shape index (κ1) is 26.2. The van der Waals surface area contributed by atoms with Crippen molar-refractivity contribution < 1.29 is 28.6 Å². The van der Waals surface area contributed by atoms with Gasteiger partial charge in [0.2, 0.25) is 0 Å². The zero-order chi connectivity index (χ0) is 26.7. The van der Waals surface area contributed by atoms with Gasteiger partial charge in [-0.05, 0) is 52.2 Å². The molecule has 0 unspecified atom stereocenters. The number of halogens is 2. The van der Waals surface area contributed by atoms with Crippen LogP contribution in [0.1, 0.15) is 16.7 Å². The summed E-state index contributed by atoms with van der Waals surface area (Å²) in [7, 11) is 2.77. The van der Waals surface area contributed by atoms with Crippen molar-refractivity contribution in [1.29, 1.82) is 0 Å². The van der Waals surface area contributed by atoms with Crippen molar-refractivity contribution in [3.05, 3.63) is 86.4 Å². The minimum absolute atomic E-state index is 0.0747. The maximum atomic E-state index is 13.3. The van der Waals surface area contributed by atoms with Crippen LogP contribution in [0, 0.1) is 6.92 Å². The maximum Gasteiger partial charge on any atom is 0.336 e. The van der Waals surface area contributed by atoms with E-state index in [1.807, 2.05) is 31.2 Å². The molecule has 37 heavy (non-hydrogen) atoms. The van der Waals surface area contributed by atoms with E-state index in [4.69, 9.17) is 25.8 Å². The van der Waals surface area contributed by atoms with Crippen LogP contribution in [0.25, 0.3) is 6.08 Å². The number of carbonyl (C=O) groups is 3. The number of nitrogens with zero attached hydrogens (tertiary/aromatic N) is 1. The van der Waals surface area contributed by atoms with Crippen molar-refractivity contribution >= 4 is 57.1 Å². The summed E-state index contributed by atoms with van der Waals surface area (Å²) < 4.78 is 17.0. The standard InChI is InChI=1S/C27H22BrClN2O6/c1-15-4-6-16(7-5-15)14-37-22-9-8-17(11-19(22)28)10-18-25(32)30-27(34)31(26(18)33)21-13-23(35-2)20(29)12-24(21)36-3/h4-13H,14H2,1-3H3,(H,30,32,34)/b18-10+. The summed E-state index contributed by atoms with van der Waals surface area (Å²) in [4.78, 5) is 39.4. The van der Waals surface area contributed by atoms with Gasteiger partial charge in [0.15, 0.2) is 0 Å². The minimum atomic E-state index is -0.921. The van der Waals surface area contributed by atoms with Gasteiger partial charge in [0.05, 0.1) is 29.4 Å². The minimum Gasteiger partial charge on any atom is -0.495 e. The number of imide groups is 2. The molecular formula is C27H22BrClN2O6. The van der Waals surface area contributed by atoms with E-state index in [-0.39, 0.29) is 27.8 Å². The van der Waals surface area contributed by atoms with E-state index in [0.29, 0.717) is 22.4 Å². The van der Waals surface area contributed by atoms with Crippen LogP contribution < -0.4 is 24.4 Å². The molecule has 1 heterocycles. The molecular weight excluding hydrogens is 564 g/mol. The summed E-state index contributed by atoms with van der Waals surface area (Å²) in [6.07, 6.45) is 1.39. The molecule has 0 aliphatic carbocycles. The summed E-state index contributed by atoms with van der Waals surface area (Å²) in [5, 5.41) is 2.42. The lowest BCUT2D eigenvalue weighted by atomic mass is 10.1. The van der Waals surface area contributed by atoms with E-state index in [2.05, 4.69) is 21.2 Å². The first-order chi connectivity index (χ1) is 17.7. The number of urea groups is 1. The third-order valence-electron chi connectivity index (χ3n) is 5.58. The van der Waals surface area contributed by atoms with Gasteiger partial charge in [-0.15, -0.1) is 0 Å². The van der Waals surface area contributed by atoms with Gasteiger partial charge < -0.3 is 14.2 Å². The van der Waals surface area contributed by atoms with E-state index in [0.717, 1.165) is 16.0 Å². The third-order valence-corrected chi connectivity index (χ3v) is 6.49. The molecule has 1 saturated heterocycles. The summed E-state index contributed by atoms with van der Waals surface area (Å²) in [6.45, 7) is 2.40. The predicted octanol–water partition coefficient (Wildman–Crippen LogP) is 5.67. The monoisotopic (exact) mass is 584 g/mol. The van der Waals surface area contributed by atoms with E-state index < -0.39 is 17.8 Å². The van der Waals surface area contributed by atoms with Crippen LogP contribution in [0.5, 0.6) is 17.2 Å². The second kappa shape index (κ2) is 11.1. The Bertz CT molecular complexity index is 1420. The lowest BCUT2D eigenvalue weighted by Crippen LogP contribution is -2.54. The number of nitrogens with one attached hydrogen (secondary N) is 1. The fourth-order valence-electron chi connectivity index (χ4n) is 3.63. The van der Waals surface area contributed by atoms with Crippen molar-refractivity contribution in [1.82, 2.24) is 5.32 Å². The average molecular weight is 586 g/mol. The number of aryl methyl sites for hydroxylation is 1. The average Bonchev–Trinajstić information content (AvgIpc) is 2.87. The highest BCUT2D eigenvalue weighted by atomic mass is 79.9. The number of benzene rings is 3. The topological polar surface area (TPSA) is 94.2 Å². The van der Waals surface area contributed by atoms with Gasteiger partial charge >= 0.3 is 6.03 Å². The Labute approximate surface area is 226 Å². The number of anilines is 1. The van der Waals surface area contributed by atoms with Crippen molar-refractivity contribution in [2.24, 2.45) is 0 Å².